The fourth-order valence-electron chi connectivity index (χ4n) is 3.76. The molecular formula is C22H22ClN7O2S. The molecule has 0 atom stereocenters. The quantitative estimate of drug-likeness (QED) is 0.365. The Hall–Kier alpha value is -2.98. The molecule has 5 rings (SSSR count). The van der Waals surface area contributed by atoms with Crippen LogP contribution in [-0.2, 0) is 17.8 Å². The molecule has 1 aromatic carbocycles. The average molecular weight is 484 g/mol. The van der Waals surface area contributed by atoms with Gasteiger partial charge in [0, 0.05) is 33.6 Å². The van der Waals surface area contributed by atoms with Gasteiger partial charge in [-0.25, -0.2) is 9.50 Å². The summed E-state index contributed by atoms with van der Waals surface area (Å²) >= 11 is 7.41. The van der Waals surface area contributed by atoms with Crippen molar-refractivity contribution >= 4 is 35.0 Å². The van der Waals surface area contributed by atoms with Crippen LogP contribution in [0.2, 0.25) is 5.02 Å². The minimum absolute atomic E-state index is 0.00120. The second-order valence-electron chi connectivity index (χ2n) is 8.01. The molecule has 4 aromatic rings. The van der Waals surface area contributed by atoms with Crippen molar-refractivity contribution in [3.05, 3.63) is 52.1 Å². The molecule has 0 spiro atoms. The Labute approximate surface area is 199 Å². The number of benzene rings is 1. The largest absolute Gasteiger partial charge is 0.419 e. The van der Waals surface area contributed by atoms with Crippen LogP contribution in [0.1, 0.15) is 35.7 Å². The minimum atomic E-state index is 0.00120. The molecule has 0 unspecified atom stereocenters. The molecular weight excluding hydrogens is 462 g/mol. The molecule has 0 saturated heterocycles. The van der Waals surface area contributed by atoms with Crippen LogP contribution in [0.15, 0.2) is 33.8 Å². The van der Waals surface area contributed by atoms with E-state index >= 15 is 0 Å². The number of thioether (sulfide) groups is 1. The smallest absolute Gasteiger partial charge is 0.253 e. The van der Waals surface area contributed by atoms with Gasteiger partial charge in [0.05, 0.1) is 13.0 Å². The molecule has 1 amide bonds. The number of carbonyl (C=O) groups excluding carboxylic acids is 1. The summed E-state index contributed by atoms with van der Waals surface area (Å²) in [6, 6.07) is 7.38. The van der Waals surface area contributed by atoms with Crippen LogP contribution in [0.5, 0.6) is 0 Å². The Morgan fingerprint density at radius 2 is 1.97 bits per heavy atom. The van der Waals surface area contributed by atoms with Crippen LogP contribution >= 0.6 is 23.4 Å². The predicted molar refractivity (Wildman–Crippen MR) is 124 cm³/mol. The van der Waals surface area contributed by atoms with Crippen LogP contribution in [0.3, 0.4) is 0 Å². The van der Waals surface area contributed by atoms with Gasteiger partial charge in [0.15, 0.2) is 0 Å². The normalized spacial score (nSPS) is 13.6. The molecule has 170 valence electrons. The van der Waals surface area contributed by atoms with Gasteiger partial charge in [-0.05, 0) is 57.2 Å². The highest BCUT2D eigenvalue weighted by molar-refractivity contribution is 7.98. The van der Waals surface area contributed by atoms with E-state index in [4.69, 9.17) is 16.0 Å². The Kier molecular flexibility index (Phi) is 5.79. The zero-order valence-corrected chi connectivity index (χ0v) is 20.0. The maximum Gasteiger partial charge on any atom is 0.253 e. The van der Waals surface area contributed by atoms with Gasteiger partial charge in [0.2, 0.25) is 22.8 Å². The fourth-order valence-corrected chi connectivity index (χ4v) is 4.23. The van der Waals surface area contributed by atoms with Crippen molar-refractivity contribution < 1.29 is 9.21 Å². The molecule has 1 fully saturated rings. The molecule has 0 N–H and O–H groups in total. The molecule has 0 aliphatic heterocycles. The topological polar surface area (TPSA) is 102 Å². The summed E-state index contributed by atoms with van der Waals surface area (Å²) in [6.45, 7) is 4.12. The first-order valence-corrected chi connectivity index (χ1v) is 12.2. The number of carbonyl (C=O) groups is 1. The highest BCUT2D eigenvalue weighted by atomic mass is 35.5. The van der Waals surface area contributed by atoms with E-state index in [2.05, 4.69) is 25.3 Å². The van der Waals surface area contributed by atoms with Crippen molar-refractivity contribution in [2.75, 3.05) is 6.26 Å². The Bertz CT molecular complexity index is 1330. The lowest BCUT2D eigenvalue weighted by Crippen LogP contribution is -2.34. The summed E-state index contributed by atoms with van der Waals surface area (Å²) < 4.78 is 7.55. The summed E-state index contributed by atoms with van der Waals surface area (Å²) in [5.41, 5.74) is 3.30. The molecule has 11 heteroatoms. The van der Waals surface area contributed by atoms with Crippen molar-refractivity contribution in [2.24, 2.45) is 0 Å². The van der Waals surface area contributed by atoms with Crippen molar-refractivity contribution in [2.45, 2.75) is 50.9 Å². The van der Waals surface area contributed by atoms with E-state index in [1.54, 1.807) is 16.6 Å². The van der Waals surface area contributed by atoms with Crippen LogP contribution in [0.4, 0.5) is 0 Å². The third-order valence-electron chi connectivity index (χ3n) is 5.71. The summed E-state index contributed by atoms with van der Waals surface area (Å²) in [4.78, 5) is 24.2. The summed E-state index contributed by atoms with van der Waals surface area (Å²) in [5, 5.41) is 14.1. The van der Waals surface area contributed by atoms with Gasteiger partial charge in [0.1, 0.15) is 0 Å². The second kappa shape index (κ2) is 8.75. The molecule has 1 aliphatic rings. The van der Waals surface area contributed by atoms with Crippen LogP contribution in [0, 0.1) is 13.8 Å². The molecule has 1 saturated carbocycles. The van der Waals surface area contributed by atoms with E-state index in [9.17, 15) is 4.79 Å². The van der Waals surface area contributed by atoms with Crippen LogP contribution in [-0.4, -0.2) is 52.9 Å². The molecule has 33 heavy (non-hydrogen) atoms. The zero-order valence-electron chi connectivity index (χ0n) is 18.4. The van der Waals surface area contributed by atoms with Crippen molar-refractivity contribution in [1.29, 1.82) is 0 Å². The Morgan fingerprint density at radius 3 is 2.67 bits per heavy atom. The standard InChI is InChI=1S/C22H22ClN7O2S/c1-12-17(13(2)30-21(24-12)25-22(28-30)33-3)10-19(31)29(16-8-9-16)11-18-26-27-20(32-18)14-4-6-15(23)7-5-14/h4-7,16H,8-11H2,1-3H3. The third kappa shape index (κ3) is 4.45. The van der Waals surface area contributed by atoms with Crippen molar-refractivity contribution in [3.63, 3.8) is 0 Å². The molecule has 0 radical (unpaired) electrons. The number of halogens is 1. The van der Waals surface area contributed by atoms with Crippen LogP contribution in [0.25, 0.3) is 17.2 Å². The number of aromatic nitrogens is 6. The molecule has 1 aliphatic carbocycles. The number of rotatable bonds is 7. The maximum atomic E-state index is 13.4. The fraction of sp³-hybridized carbons (Fsp3) is 0.364. The van der Waals surface area contributed by atoms with E-state index in [-0.39, 0.29) is 24.9 Å². The predicted octanol–water partition coefficient (Wildman–Crippen LogP) is 3.90. The monoisotopic (exact) mass is 483 g/mol. The molecule has 0 bridgehead atoms. The number of hydrogen-bond acceptors (Lipinski definition) is 8. The third-order valence-corrected chi connectivity index (χ3v) is 6.50. The van der Waals surface area contributed by atoms with E-state index in [1.807, 2.05) is 37.1 Å². The molecule has 3 aromatic heterocycles. The highest BCUT2D eigenvalue weighted by Gasteiger charge is 2.34. The lowest BCUT2D eigenvalue weighted by atomic mass is 10.1. The number of aryl methyl sites for hydroxylation is 2. The van der Waals surface area contributed by atoms with E-state index in [1.165, 1.54) is 11.8 Å². The van der Waals surface area contributed by atoms with Gasteiger partial charge in [-0.1, -0.05) is 23.4 Å². The first-order chi connectivity index (χ1) is 15.9. The highest BCUT2D eigenvalue weighted by Crippen LogP contribution is 2.30. The van der Waals surface area contributed by atoms with Gasteiger partial charge in [-0.3, -0.25) is 4.79 Å². The van der Waals surface area contributed by atoms with E-state index in [0.29, 0.717) is 27.7 Å². The van der Waals surface area contributed by atoms with Gasteiger partial charge >= 0.3 is 0 Å². The number of hydrogen-bond donors (Lipinski definition) is 0. The van der Waals surface area contributed by atoms with Gasteiger partial charge in [-0.2, -0.15) is 4.98 Å². The number of fused-ring (bicyclic) bond motifs is 1. The first-order valence-electron chi connectivity index (χ1n) is 10.6. The van der Waals surface area contributed by atoms with Gasteiger partial charge < -0.3 is 9.32 Å². The van der Waals surface area contributed by atoms with Crippen molar-refractivity contribution in [1.82, 2.24) is 34.7 Å². The summed E-state index contributed by atoms with van der Waals surface area (Å²) in [6.07, 6.45) is 4.09. The Balaban J connectivity index is 1.36. The zero-order chi connectivity index (χ0) is 23.1. The Morgan fingerprint density at radius 1 is 1.21 bits per heavy atom. The second-order valence-corrected chi connectivity index (χ2v) is 9.22. The van der Waals surface area contributed by atoms with Crippen molar-refractivity contribution in [3.8, 4) is 11.5 Å². The first kappa shape index (κ1) is 21.8. The molecule has 3 heterocycles. The maximum absolute atomic E-state index is 13.4. The van der Waals surface area contributed by atoms with E-state index in [0.717, 1.165) is 35.4 Å². The van der Waals surface area contributed by atoms with Gasteiger partial charge in [0.25, 0.3) is 5.78 Å². The van der Waals surface area contributed by atoms with E-state index < -0.39 is 0 Å². The number of nitrogens with zero attached hydrogens (tertiary/aromatic N) is 7. The lowest BCUT2D eigenvalue weighted by Gasteiger charge is -2.21. The lowest BCUT2D eigenvalue weighted by molar-refractivity contribution is -0.132. The molecule has 9 nitrogen and oxygen atoms in total. The summed E-state index contributed by atoms with van der Waals surface area (Å²) in [5.74, 6) is 1.36. The average Bonchev–Trinajstić information content (AvgIpc) is 3.38. The minimum Gasteiger partial charge on any atom is -0.419 e. The summed E-state index contributed by atoms with van der Waals surface area (Å²) in [7, 11) is 0. The van der Waals surface area contributed by atoms with Gasteiger partial charge in [-0.15, -0.1) is 15.3 Å². The number of amides is 1. The SMILES string of the molecule is CSc1nc2nc(C)c(CC(=O)N(Cc3nnc(-c4ccc(Cl)cc4)o3)C3CC3)c(C)n2n1. The van der Waals surface area contributed by atoms with Crippen LogP contribution < -0.4 is 0 Å².